The van der Waals surface area contributed by atoms with Crippen LogP contribution in [0.5, 0.6) is 0 Å². The van der Waals surface area contributed by atoms with Gasteiger partial charge in [0.15, 0.2) is 0 Å². The summed E-state index contributed by atoms with van der Waals surface area (Å²) < 4.78 is 0. The molecule has 1 aromatic heterocycles. The number of nitrogens with one attached hydrogen (secondary N) is 2. The number of rotatable bonds is 4. The SMILES string of the molecule is C=CC(C)NCc1c[nH]c2ccccc12. The van der Waals surface area contributed by atoms with Crippen molar-refractivity contribution in [2.24, 2.45) is 0 Å². The lowest BCUT2D eigenvalue weighted by atomic mass is 10.1. The first-order valence-electron chi connectivity index (χ1n) is 5.22. The van der Waals surface area contributed by atoms with E-state index >= 15 is 0 Å². The maximum Gasteiger partial charge on any atom is 0.0457 e. The molecule has 0 aliphatic heterocycles. The van der Waals surface area contributed by atoms with Crippen LogP contribution in [0.25, 0.3) is 10.9 Å². The molecule has 2 N–H and O–H groups in total. The van der Waals surface area contributed by atoms with Crippen molar-refractivity contribution in [2.75, 3.05) is 0 Å². The van der Waals surface area contributed by atoms with Crippen LogP contribution in [0, 0.1) is 0 Å². The quantitative estimate of drug-likeness (QED) is 0.730. The van der Waals surface area contributed by atoms with Gasteiger partial charge >= 0.3 is 0 Å². The average Bonchev–Trinajstić information content (AvgIpc) is 2.69. The smallest absolute Gasteiger partial charge is 0.0457 e. The summed E-state index contributed by atoms with van der Waals surface area (Å²) in [6.07, 6.45) is 3.97. The van der Waals surface area contributed by atoms with E-state index in [4.69, 9.17) is 0 Å². The molecule has 78 valence electrons. The molecular formula is C13H16N2. The topological polar surface area (TPSA) is 27.8 Å². The lowest BCUT2D eigenvalue weighted by Crippen LogP contribution is -2.22. The summed E-state index contributed by atoms with van der Waals surface area (Å²) in [5.74, 6) is 0. The number of fused-ring (bicyclic) bond motifs is 1. The van der Waals surface area contributed by atoms with Gasteiger partial charge in [-0.2, -0.15) is 0 Å². The van der Waals surface area contributed by atoms with Crippen molar-refractivity contribution in [2.45, 2.75) is 19.5 Å². The fraction of sp³-hybridized carbons (Fsp3) is 0.231. The van der Waals surface area contributed by atoms with Gasteiger partial charge in [-0.3, -0.25) is 0 Å². The Hall–Kier alpha value is -1.54. The summed E-state index contributed by atoms with van der Waals surface area (Å²) in [6, 6.07) is 8.69. The van der Waals surface area contributed by atoms with Crippen molar-refractivity contribution < 1.29 is 0 Å². The molecule has 0 aliphatic carbocycles. The van der Waals surface area contributed by atoms with Crippen LogP contribution in [0.2, 0.25) is 0 Å². The molecule has 0 spiro atoms. The Morgan fingerprint density at radius 2 is 2.27 bits per heavy atom. The Balaban J connectivity index is 2.18. The molecule has 2 aromatic rings. The molecular weight excluding hydrogens is 184 g/mol. The van der Waals surface area contributed by atoms with Crippen molar-refractivity contribution in [1.29, 1.82) is 0 Å². The van der Waals surface area contributed by atoms with Crippen LogP contribution in [0.15, 0.2) is 43.1 Å². The molecule has 2 nitrogen and oxygen atoms in total. The van der Waals surface area contributed by atoms with Crippen LogP contribution >= 0.6 is 0 Å². The molecule has 2 heteroatoms. The third-order valence-electron chi connectivity index (χ3n) is 2.64. The Morgan fingerprint density at radius 3 is 3.07 bits per heavy atom. The third-order valence-corrected chi connectivity index (χ3v) is 2.64. The first-order chi connectivity index (χ1) is 7.31. The number of hydrogen-bond donors (Lipinski definition) is 2. The number of H-pyrrole nitrogens is 1. The summed E-state index contributed by atoms with van der Waals surface area (Å²) >= 11 is 0. The van der Waals surface area contributed by atoms with Crippen molar-refractivity contribution in [3.05, 3.63) is 48.7 Å². The molecule has 0 amide bonds. The number of benzene rings is 1. The molecule has 2 rings (SSSR count). The standard InChI is InChI=1S/C13H16N2/c1-3-10(2)14-8-11-9-15-13-7-5-4-6-12(11)13/h3-7,9-10,14-15H,1,8H2,2H3. The fourth-order valence-electron chi connectivity index (χ4n) is 1.63. The highest BCUT2D eigenvalue weighted by molar-refractivity contribution is 5.82. The van der Waals surface area contributed by atoms with Crippen molar-refractivity contribution >= 4 is 10.9 Å². The van der Waals surface area contributed by atoms with Crippen molar-refractivity contribution in [3.8, 4) is 0 Å². The van der Waals surface area contributed by atoms with Gasteiger partial charge in [-0.25, -0.2) is 0 Å². The molecule has 1 unspecified atom stereocenters. The van der Waals surface area contributed by atoms with Crippen LogP contribution in [-0.2, 0) is 6.54 Å². The lowest BCUT2D eigenvalue weighted by molar-refractivity contribution is 0.636. The van der Waals surface area contributed by atoms with E-state index in [0.717, 1.165) is 6.54 Å². The van der Waals surface area contributed by atoms with Gasteiger partial charge in [-0.15, -0.1) is 6.58 Å². The van der Waals surface area contributed by atoms with E-state index in [1.54, 1.807) is 0 Å². The highest BCUT2D eigenvalue weighted by atomic mass is 14.9. The molecule has 0 saturated heterocycles. The van der Waals surface area contributed by atoms with Gasteiger partial charge in [-0.05, 0) is 18.6 Å². The van der Waals surface area contributed by atoms with E-state index in [-0.39, 0.29) is 0 Å². The summed E-state index contributed by atoms with van der Waals surface area (Å²) in [5, 5.41) is 4.68. The fourth-order valence-corrected chi connectivity index (χ4v) is 1.63. The summed E-state index contributed by atoms with van der Waals surface area (Å²) in [5.41, 5.74) is 2.50. The first-order valence-corrected chi connectivity index (χ1v) is 5.22. The van der Waals surface area contributed by atoms with Gasteiger partial charge in [0.1, 0.15) is 0 Å². The molecule has 0 aliphatic rings. The van der Waals surface area contributed by atoms with Gasteiger partial charge in [-0.1, -0.05) is 24.3 Å². The van der Waals surface area contributed by atoms with E-state index in [2.05, 4.69) is 48.2 Å². The molecule has 0 bridgehead atoms. The Morgan fingerprint density at radius 1 is 1.47 bits per heavy atom. The highest BCUT2D eigenvalue weighted by Gasteiger charge is 2.02. The molecule has 15 heavy (non-hydrogen) atoms. The van der Waals surface area contributed by atoms with Gasteiger partial charge in [0.2, 0.25) is 0 Å². The van der Waals surface area contributed by atoms with Gasteiger partial charge in [0, 0.05) is 29.7 Å². The largest absolute Gasteiger partial charge is 0.361 e. The molecule has 1 atom stereocenters. The van der Waals surface area contributed by atoms with E-state index < -0.39 is 0 Å². The maximum atomic E-state index is 3.75. The second-order valence-corrected chi connectivity index (χ2v) is 3.76. The molecule has 0 saturated carbocycles. The predicted molar refractivity (Wildman–Crippen MR) is 64.8 cm³/mol. The summed E-state index contributed by atoms with van der Waals surface area (Å²) in [4.78, 5) is 3.26. The average molecular weight is 200 g/mol. The zero-order chi connectivity index (χ0) is 10.7. The van der Waals surface area contributed by atoms with Gasteiger partial charge in [0.05, 0.1) is 0 Å². The number of para-hydroxylation sites is 1. The molecule has 1 heterocycles. The minimum Gasteiger partial charge on any atom is -0.361 e. The normalized spacial score (nSPS) is 12.9. The number of hydrogen-bond acceptors (Lipinski definition) is 1. The molecule has 1 aromatic carbocycles. The Bertz CT molecular complexity index is 456. The van der Waals surface area contributed by atoms with E-state index in [1.807, 2.05) is 12.1 Å². The van der Waals surface area contributed by atoms with Gasteiger partial charge in [0.25, 0.3) is 0 Å². The number of aromatic nitrogens is 1. The zero-order valence-electron chi connectivity index (χ0n) is 8.96. The minimum atomic E-state index is 0.346. The van der Waals surface area contributed by atoms with Gasteiger partial charge < -0.3 is 10.3 Å². The van der Waals surface area contributed by atoms with Crippen LogP contribution in [0.3, 0.4) is 0 Å². The third kappa shape index (κ3) is 2.10. The maximum absolute atomic E-state index is 3.75. The van der Waals surface area contributed by atoms with E-state index in [1.165, 1.54) is 16.5 Å². The summed E-state index contributed by atoms with van der Waals surface area (Å²) in [6.45, 7) is 6.72. The summed E-state index contributed by atoms with van der Waals surface area (Å²) in [7, 11) is 0. The van der Waals surface area contributed by atoms with E-state index in [0.29, 0.717) is 6.04 Å². The minimum absolute atomic E-state index is 0.346. The van der Waals surface area contributed by atoms with Crippen LogP contribution < -0.4 is 5.32 Å². The lowest BCUT2D eigenvalue weighted by Gasteiger charge is -2.07. The second-order valence-electron chi connectivity index (χ2n) is 3.76. The second kappa shape index (κ2) is 4.32. The Kier molecular flexibility index (Phi) is 2.88. The monoisotopic (exact) mass is 200 g/mol. The highest BCUT2D eigenvalue weighted by Crippen LogP contribution is 2.17. The van der Waals surface area contributed by atoms with Crippen molar-refractivity contribution in [3.63, 3.8) is 0 Å². The van der Waals surface area contributed by atoms with E-state index in [9.17, 15) is 0 Å². The molecule has 0 fully saturated rings. The van der Waals surface area contributed by atoms with Crippen LogP contribution in [0.1, 0.15) is 12.5 Å². The van der Waals surface area contributed by atoms with Crippen molar-refractivity contribution in [1.82, 2.24) is 10.3 Å². The first kappa shape index (κ1) is 9.99. The predicted octanol–water partition coefficient (Wildman–Crippen LogP) is 2.83. The van der Waals surface area contributed by atoms with Crippen LogP contribution in [0.4, 0.5) is 0 Å². The molecule has 0 radical (unpaired) electrons. The number of aromatic amines is 1. The Labute approximate surface area is 90.0 Å². The van der Waals surface area contributed by atoms with Crippen LogP contribution in [-0.4, -0.2) is 11.0 Å². The zero-order valence-corrected chi connectivity index (χ0v) is 8.96.